The van der Waals surface area contributed by atoms with Gasteiger partial charge >= 0.3 is 0 Å². The monoisotopic (exact) mass is 298 g/mol. The molecule has 0 saturated carbocycles. The number of likely N-dealkylation sites (tertiary alicyclic amines) is 1. The number of carbonyl (C=O) groups is 1. The molecule has 1 aliphatic heterocycles. The maximum absolute atomic E-state index is 11.8. The molecule has 1 aliphatic carbocycles. The summed E-state index contributed by atoms with van der Waals surface area (Å²) in [6.45, 7) is 5.04. The predicted octanol–water partition coefficient (Wildman–Crippen LogP) is 1.43. The second-order valence-electron chi connectivity index (χ2n) is 6.28. The van der Waals surface area contributed by atoms with Gasteiger partial charge in [-0.3, -0.25) is 4.79 Å². The highest BCUT2D eigenvalue weighted by atomic mass is 35.5. The molecule has 4 nitrogen and oxygen atoms in total. The molecule has 2 unspecified atom stereocenters. The molecule has 0 radical (unpaired) electrons. The number of hydrogen-bond donors (Lipinski definition) is 2. The molecule has 0 aromatic heterocycles. The van der Waals surface area contributed by atoms with Crippen LogP contribution in [0.25, 0.3) is 0 Å². The molecule has 0 spiro atoms. The summed E-state index contributed by atoms with van der Waals surface area (Å²) < 4.78 is 0. The van der Waals surface area contributed by atoms with Crippen LogP contribution in [0, 0.1) is 5.41 Å². The van der Waals surface area contributed by atoms with E-state index in [1.165, 1.54) is 0 Å². The summed E-state index contributed by atoms with van der Waals surface area (Å²) in [6, 6.07) is 0. The highest BCUT2D eigenvalue weighted by Gasteiger charge is 2.50. The van der Waals surface area contributed by atoms with Gasteiger partial charge < -0.3 is 15.7 Å². The topological polar surface area (TPSA) is 66.6 Å². The Morgan fingerprint density at radius 3 is 2.80 bits per heavy atom. The minimum Gasteiger partial charge on any atom is -0.384 e. The number of hydrogen-bond acceptors (Lipinski definition) is 3. The van der Waals surface area contributed by atoms with Crippen molar-refractivity contribution in [2.45, 2.75) is 37.7 Å². The molecular formula is C15H23ClN2O2. The van der Waals surface area contributed by atoms with E-state index in [1.54, 1.807) is 4.90 Å². The normalized spacial score (nSPS) is 33.0. The van der Waals surface area contributed by atoms with Gasteiger partial charge in [0.15, 0.2) is 0 Å². The predicted molar refractivity (Wildman–Crippen MR) is 80.5 cm³/mol. The number of aliphatic hydroxyl groups is 1. The average Bonchev–Trinajstić information content (AvgIpc) is 2.41. The molecule has 1 fully saturated rings. The highest BCUT2D eigenvalue weighted by molar-refractivity contribution is 6.22. The van der Waals surface area contributed by atoms with E-state index < -0.39 is 11.0 Å². The van der Waals surface area contributed by atoms with Crippen LogP contribution in [0.15, 0.2) is 23.8 Å². The van der Waals surface area contributed by atoms with Gasteiger partial charge in [-0.1, -0.05) is 32.1 Å². The van der Waals surface area contributed by atoms with Crippen LogP contribution >= 0.6 is 11.6 Å². The number of nitrogens with zero attached hydrogens (tertiary/aromatic N) is 1. The number of halogens is 1. The van der Waals surface area contributed by atoms with Crippen molar-refractivity contribution in [1.29, 1.82) is 0 Å². The van der Waals surface area contributed by atoms with Gasteiger partial charge in [-0.25, -0.2) is 0 Å². The number of carbonyl (C=O) groups excluding carboxylic acids is 1. The fraction of sp³-hybridized carbons (Fsp3) is 0.667. The van der Waals surface area contributed by atoms with Crippen LogP contribution in [0.2, 0.25) is 0 Å². The summed E-state index contributed by atoms with van der Waals surface area (Å²) in [5.74, 6) is -0.0610. The fourth-order valence-corrected chi connectivity index (χ4v) is 3.26. The van der Waals surface area contributed by atoms with Gasteiger partial charge in [-0.15, -0.1) is 11.6 Å². The van der Waals surface area contributed by atoms with E-state index in [-0.39, 0.29) is 17.8 Å². The van der Waals surface area contributed by atoms with E-state index in [4.69, 9.17) is 17.3 Å². The summed E-state index contributed by atoms with van der Waals surface area (Å²) in [5, 5.41) is 11.2. The van der Waals surface area contributed by atoms with E-state index in [0.29, 0.717) is 19.5 Å². The first kappa shape index (κ1) is 15.5. The van der Waals surface area contributed by atoms with Crippen molar-refractivity contribution >= 4 is 17.5 Å². The molecule has 2 rings (SSSR count). The molecule has 112 valence electrons. The van der Waals surface area contributed by atoms with Crippen LogP contribution in [-0.2, 0) is 4.79 Å². The van der Waals surface area contributed by atoms with Crippen LogP contribution < -0.4 is 5.73 Å². The Morgan fingerprint density at radius 1 is 1.60 bits per heavy atom. The van der Waals surface area contributed by atoms with Crippen molar-refractivity contribution in [3.8, 4) is 0 Å². The largest absolute Gasteiger partial charge is 0.384 e. The Bertz CT molecular complexity index is 459. The van der Waals surface area contributed by atoms with Crippen molar-refractivity contribution in [1.82, 2.24) is 4.90 Å². The molecule has 1 heterocycles. The quantitative estimate of drug-likeness (QED) is 0.758. The van der Waals surface area contributed by atoms with Gasteiger partial charge in [0.25, 0.3) is 0 Å². The Balaban J connectivity index is 2.21. The zero-order chi connectivity index (χ0) is 15.0. The minimum absolute atomic E-state index is 0.00405. The first-order valence-corrected chi connectivity index (χ1v) is 7.47. The summed E-state index contributed by atoms with van der Waals surface area (Å²) in [4.78, 5) is 13.5. The summed E-state index contributed by atoms with van der Waals surface area (Å²) >= 11 is 6.04. The Labute approximate surface area is 125 Å². The molecule has 3 N–H and O–H groups in total. The van der Waals surface area contributed by atoms with Gasteiger partial charge in [-0.2, -0.15) is 0 Å². The second kappa shape index (κ2) is 5.51. The number of alkyl halides is 1. The van der Waals surface area contributed by atoms with Crippen LogP contribution in [0.1, 0.15) is 26.7 Å². The lowest BCUT2D eigenvalue weighted by molar-refractivity contribution is -0.142. The number of allylic oxidation sites excluding steroid dienone is 2. The van der Waals surface area contributed by atoms with Gasteiger partial charge in [0, 0.05) is 18.5 Å². The van der Waals surface area contributed by atoms with E-state index in [2.05, 4.69) is 0 Å². The zero-order valence-electron chi connectivity index (χ0n) is 12.1. The lowest BCUT2D eigenvalue weighted by Gasteiger charge is -2.51. The summed E-state index contributed by atoms with van der Waals surface area (Å²) in [5.41, 5.74) is 4.99. The number of nitrogens with two attached hydrogens (primary N) is 1. The molecule has 5 heteroatoms. The molecule has 20 heavy (non-hydrogen) atoms. The molecule has 0 bridgehead atoms. The van der Waals surface area contributed by atoms with Crippen LogP contribution in [0.3, 0.4) is 0 Å². The maximum atomic E-state index is 11.8. The molecule has 2 aliphatic rings. The second-order valence-corrected chi connectivity index (χ2v) is 6.84. The standard InChI is InChI=1S/C15H23ClN2O2/c1-14(2)10-18(13(19)9-17)8-7-15(14,20)11-3-5-12(16)6-4-11/h3-5,12,20H,6-10,17H2,1-2H3. The number of amides is 1. The Morgan fingerprint density at radius 2 is 2.30 bits per heavy atom. The SMILES string of the molecule is CC1(C)CN(C(=O)CN)CCC1(O)C1=CCC(Cl)C=C1. The molecule has 1 saturated heterocycles. The lowest BCUT2D eigenvalue weighted by Crippen LogP contribution is -2.60. The third kappa shape index (κ3) is 2.65. The summed E-state index contributed by atoms with van der Waals surface area (Å²) in [6.07, 6.45) is 7.11. The van der Waals surface area contributed by atoms with Crippen LogP contribution in [0.5, 0.6) is 0 Å². The molecule has 0 aromatic rings. The highest BCUT2D eigenvalue weighted by Crippen LogP contribution is 2.44. The van der Waals surface area contributed by atoms with Crippen LogP contribution in [0.4, 0.5) is 0 Å². The van der Waals surface area contributed by atoms with Gasteiger partial charge in [0.2, 0.25) is 5.91 Å². The van der Waals surface area contributed by atoms with E-state index in [0.717, 1.165) is 12.0 Å². The first-order chi connectivity index (χ1) is 9.30. The number of piperidine rings is 1. The van der Waals surface area contributed by atoms with E-state index in [1.807, 2.05) is 32.1 Å². The fourth-order valence-electron chi connectivity index (χ4n) is 3.10. The molecule has 0 aromatic carbocycles. The smallest absolute Gasteiger partial charge is 0.236 e. The first-order valence-electron chi connectivity index (χ1n) is 7.03. The zero-order valence-corrected chi connectivity index (χ0v) is 12.9. The van der Waals surface area contributed by atoms with Crippen LogP contribution in [-0.4, -0.2) is 46.5 Å². The average molecular weight is 299 g/mol. The molecule has 2 atom stereocenters. The van der Waals surface area contributed by atoms with E-state index >= 15 is 0 Å². The van der Waals surface area contributed by atoms with Gasteiger partial charge in [0.05, 0.1) is 17.5 Å². The third-order valence-corrected chi connectivity index (χ3v) is 4.83. The number of rotatable bonds is 2. The Kier molecular flexibility index (Phi) is 4.28. The van der Waals surface area contributed by atoms with E-state index in [9.17, 15) is 9.90 Å². The van der Waals surface area contributed by atoms with Crippen molar-refractivity contribution in [2.75, 3.05) is 19.6 Å². The van der Waals surface area contributed by atoms with Crippen molar-refractivity contribution in [3.05, 3.63) is 23.8 Å². The minimum atomic E-state index is -0.925. The third-order valence-electron chi connectivity index (χ3n) is 4.50. The molecule has 1 amide bonds. The lowest BCUT2D eigenvalue weighted by atomic mass is 9.65. The summed E-state index contributed by atoms with van der Waals surface area (Å²) in [7, 11) is 0. The maximum Gasteiger partial charge on any atom is 0.236 e. The molecular weight excluding hydrogens is 276 g/mol. The van der Waals surface area contributed by atoms with Gasteiger partial charge in [0.1, 0.15) is 0 Å². The van der Waals surface area contributed by atoms with Crippen molar-refractivity contribution < 1.29 is 9.90 Å². The van der Waals surface area contributed by atoms with Gasteiger partial charge in [-0.05, 0) is 18.4 Å². The van der Waals surface area contributed by atoms with Crippen molar-refractivity contribution in [3.63, 3.8) is 0 Å². The Hall–Kier alpha value is -0.840. The van der Waals surface area contributed by atoms with Crippen molar-refractivity contribution in [2.24, 2.45) is 11.1 Å².